The van der Waals surface area contributed by atoms with E-state index in [9.17, 15) is 4.79 Å². The van der Waals surface area contributed by atoms with E-state index in [2.05, 4.69) is 0 Å². The second-order valence-corrected chi connectivity index (χ2v) is 3.27. The molecular formula is C8H15NO4. The third kappa shape index (κ3) is 2.95. The van der Waals surface area contributed by atoms with Gasteiger partial charge in [0.25, 0.3) is 0 Å². The molecule has 1 aliphatic heterocycles. The van der Waals surface area contributed by atoms with Gasteiger partial charge >= 0.3 is 5.97 Å². The summed E-state index contributed by atoms with van der Waals surface area (Å²) in [5, 5.41) is 17.6. The highest BCUT2D eigenvalue weighted by molar-refractivity contribution is 5.72. The average molecular weight is 189 g/mol. The fourth-order valence-electron chi connectivity index (χ4n) is 1.33. The maximum atomic E-state index is 10.4. The van der Waals surface area contributed by atoms with Crippen LogP contribution in [0.1, 0.15) is 6.92 Å². The number of aliphatic hydroxyl groups excluding tert-OH is 1. The van der Waals surface area contributed by atoms with Gasteiger partial charge in [-0.15, -0.1) is 0 Å². The predicted octanol–water partition coefficient (Wildman–Crippen LogP) is -0.847. The Labute approximate surface area is 76.9 Å². The Morgan fingerprint density at radius 3 is 3.00 bits per heavy atom. The number of aliphatic hydroxyl groups is 1. The van der Waals surface area contributed by atoms with E-state index in [-0.39, 0.29) is 12.6 Å². The Kier molecular flexibility index (Phi) is 3.65. The zero-order valence-corrected chi connectivity index (χ0v) is 7.64. The van der Waals surface area contributed by atoms with Crippen molar-refractivity contribution in [1.82, 2.24) is 4.90 Å². The van der Waals surface area contributed by atoms with Gasteiger partial charge in [0.05, 0.1) is 13.2 Å². The van der Waals surface area contributed by atoms with Crippen molar-refractivity contribution in [2.45, 2.75) is 19.1 Å². The molecule has 5 nitrogen and oxygen atoms in total. The summed E-state index contributed by atoms with van der Waals surface area (Å²) in [6, 6.07) is 0.183. The number of carboxylic acid groups (broad SMARTS) is 1. The third-order valence-electron chi connectivity index (χ3n) is 2.20. The second-order valence-electron chi connectivity index (χ2n) is 3.27. The number of morpholine rings is 1. The first-order valence-electron chi connectivity index (χ1n) is 4.34. The molecule has 0 saturated carbocycles. The Morgan fingerprint density at radius 1 is 1.77 bits per heavy atom. The number of ether oxygens (including phenoxy) is 1. The van der Waals surface area contributed by atoms with Crippen molar-refractivity contribution in [1.29, 1.82) is 0 Å². The van der Waals surface area contributed by atoms with Crippen LogP contribution in [0.2, 0.25) is 0 Å². The average Bonchev–Trinajstić information content (AvgIpc) is 2.08. The predicted molar refractivity (Wildman–Crippen MR) is 45.5 cm³/mol. The van der Waals surface area contributed by atoms with Crippen LogP contribution in [-0.4, -0.2) is 59.5 Å². The molecule has 0 bridgehead atoms. The number of rotatable bonds is 3. The fourth-order valence-corrected chi connectivity index (χ4v) is 1.33. The van der Waals surface area contributed by atoms with E-state index >= 15 is 0 Å². The van der Waals surface area contributed by atoms with Gasteiger partial charge in [-0.1, -0.05) is 0 Å². The summed E-state index contributed by atoms with van der Waals surface area (Å²) in [6.07, 6.45) is -1.29. The Hall–Kier alpha value is -0.650. The lowest BCUT2D eigenvalue weighted by molar-refractivity contribution is -0.148. The Morgan fingerprint density at radius 2 is 2.46 bits per heavy atom. The first-order chi connectivity index (χ1) is 6.11. The zero-order chi connectivity index (χ0) is 9.84. The van der Waals surface area contributed by atoms with E-state index in [0.717, 1.165) is 0 Å². The molecule has 2 atom stereocenters. The van der Waals surface area contributed by atoms with Crippen LogP contribution >= 0.6 is 0 Å². The van der Waals surface area contributed by atoms with Crippen LogP contribution in [0, 0.1) is 0 Å². The highest BCUT2D eigenvalue weighted by Crippen LogP contribution is 2.06. The summed E-state index contributed by atoms with van der Waals surface area (Å²) < 4.78 is 5.18. The van der Waals surface area contributed by atoms with E-state index in [1.54, 1.807) is 0 Å². The van der Waals surface area contributed by atoms with Gasteiger partial charge in [-0.2, -0.15) is 0 Å². The molecule has 2 N–H and O–H groups in total. The summed E-state index contributed by atoms with van der Waals surface area (Å²) >= 11 is 0. The van der Waals surface area contributed by atoms with E-state index < -0.39 is 12.1 Å². The number of carboxylic acids is 1. The minimum absolute atomic E-state index is 0.180. The van der Waals surface area contributed by atoms with Crippen molar-refractivity contribution in [3.63, 3.8) is 0 Å². The van der Waals surface area contributed by atoms with Crippen LogP contribution in [0.3, 0.4) is 0 Å². The number of nitrogens with zero attached hydrogens (tertiary/aromatic N) is 1. The molecule has 1 saturated heterocycles. The minimum atomic E-state index is -1.29. The van der Waals surface area contributed by atoms with E-state index in [4.69, 9.17) is 14.9 Å². The fraction of sp³-hybridized carbons (Fsp3) is 0.875. The first-order valence-corrected chi connectivity index (χ1v) is 4.34. The van der Waals surface area contributed by atoms with Gasteiger partial charge in [-0.3, -0.25) is 4.90 Å². The minimum Gasteiger partial charge on any atom is -0.479 e. The largest absolute Gasteiger partial charge is 0.479 e. The number of β-amino-alcohol motifs (C(OH)–C–C–N with tert-alkyl or cyclic N) is 1. The van der Waals surface area contributed by atoms with Crippen molar-refractivity contribution in [2.24, 2.45) is 0 Å². The van der Waals surface area contributed by atoms with Crippen LogP contribution in [0.15, 0.2) is 0 Å². The van der Waals surface area contributed by atoms with Crippen LogP contribution in [-0.2, 0) is 9.53 Å². The lowest BCUT2D eigenvalue weighted by atomic mass is 10.2. The highest BCUT2D eigenvalue weighted by Gasteiger charge is 2.24. The van der Waals surface area contributed by atoms with E-state index in [1.165, 1.54) is 0 Å². The molecule has 2 unspecified atom stereocenters. The summed E-state index contributed by atoms with van der Waals surface area (Å²) in [5.74, 6) is -1.17. The molecule has 0 aromatic heterocycles. The standard InChI is InChI=1S/C8H15NO4/c1-6-5-13-3-2-9(6)4-7(10)8(11)12/h6-7,10H,2-5H2,1H3,(H,11,12). The quantitative estimate of drug-likeness (QED) is 0.605. The van der Waals surface area contributed by atoms with Gasteiger partial charge in [-0.25, -0.2) is 4.79 Å². The van der Waals surface area contributed by atoms with Crippen LogP contribution in [0.5, 0.6) is 0 Å². The third-order valence-corrected chi connectivity index (χ3v) is 2.20. The summed E-state index contributed by atoms with van der Waals surface area (Å²) in [4.78, 5) is 12.3. The maximum absolute atomic E-state index is 10.4. The van der Waals surface area contributed by atoms with Crippen molar-refractivity contribution in [3.05, 3.63) is 0 Å². The number of hydrogen-bond acceptors (Lipinski definition) is 4. The van der Waals surface area contributed by atoms with Gasteiger partial charge < -0.3 is 14.9 Å². The lowest BCUT2D eigenvalue weighted by Crippen LogP contribution is -2.48. The molecular weight excluding hydrogens is 174 g/mol. The molecule has 0 aromatic carbocycles. The summed E-state index contributed by atoms with van der Waals surface area (Å²) in [7, 11) is 0. The Balaban J connectivity index is 2.37. The monoisotopic (exact) mass is 189 g/mol. The molecule has 0 radical (unpaired) electrons. The van der Waals surface area contributed by atoms with Crippen molar-refractivity contribution in [2.75, 3.05) is 26.3 Å². The van der Waals surface area contributed by atoms with Gasteiger partial charge in [0.15, 0.2) is 6.10 Å². The number of hydrogen-bond donors (Lipinski definition) is 2. The molecule has 1 heterocycles. The number of carbonyl (C=O) groups is 1. The normalized spacial score (nSPS) is 27.1. The molecule has 1 aliphatic rings. The zero-order valence-electron chi connectivity index (χ0n) is 7.64. The van der Waals surface area contributed by atoms with Crippen LogP contribution < -0.4 is 0 Å². The van der Waals surface area contributed by atoms with Crippen molar-refractivity contribution >= 4 is 5.97 Å². The molecule has 13 heavy (non-hydrogen) atoms. The topological polar surface area (TPSA) is 70.0 Å². The first kappa shape index (κ1) is 10.4. The molecule has 1 fully saturated rings. The molecule has 0 aromatic rings. The maximum Gasteiger partial charge on any atom is 0.333 e. The van der Waals surface area contributed by atoms with Gasteiger partial charge in [0, 0.05) is 19.1 Å². The van der Waals surface area contributed by atoms with Crippen LogP contribution in [0.25, 0.3) is 0 Å². The van der Waals surface area contributed by atoms with E-state index in [0.29, 0.717) is 19.8 Å². The molecule has 1 rings (SSSR count). The van der Waals surface area contributed by atoms with Crippen molar-refractivity contribution < 1.29 is 19.7 Å². The summed E-state index contributed by atoms with van der Waals surface area (Å²) in [5.41, 5.74) is 0. The van der Waals surface area contributed by atoms with Crippen LogP contribution in [0.4, 0.5) is 0 Å². The molecule has 0 amide bonds. The van der Waals surface area contributed by atoms with Gasteiger partial charge in [0.2, 0.25) is 0 Å². The summed E-state index contributed by atoms with van der Waals surface area (Å²) in [6.45, 7) is 4.03. The van der Waals surface area contributed by atoms with Gasteiger partial charge in [0.1, 0.15) is 0 Å². The second kappa shape index (κ2) is 4.55. The Bertz CT molecular complexity index is 185. The smallest absolute Gasteiger partial charge is 0.333 e. The molecule has 5 heteroatoms. The molecule has 0 aliphatic carbocycles. The lowest BCUT2D eigenvalue weighted by Gasteiger charge is -2.33. The molecule has 76 valence electrons. The van der Waals surface area contributed by atoms with Gasteiger partial charge in [-0.05, 0) is 6.92 Å². The number of aliphatic carboxylic acids is 1. The van der Waals surface area contributed by atoms with Crippen molar-refractivity contribution in [3.8, 4) is 0 Å². The molecule has 0 spiro atoms. The SMILES string of the molecule is CC1COCCN1CC(O)C(=O)O. The van der Waals surface area contributed by atoms with E-state index in [1.807, 2.05) is 11.8 Å². The highest BCUT2D eigenvalue weighted by atomic mass is 16.5.